The van der Waals surface area contributed by atoms with Crippen molar-refractivity contribution in [1.29, 1.82) is 0 Å². The third kappa shape index (κ3) is 2.49. The van der Waals surface area contributed by atoms with E-state index in [2.05, 4.69) is 0 Å². The average molecular weight is 187 g/mol. The van der Waals surface area contributed by atoms with Crippen LogP contribution in [0.4, 0.5) is 4.39 Å². The van der Waals surface area contributed by atoms with Gasteiger partial charge in [-0.05, 0) is 37.0 Å². The molecule has 0 atom stereocenters. The summed E-state index contributed by atoms with van der Waals surface area (Å²) in [5, 5.41) is 0.777. The van der Waals surface area contributed by atoms with Gasteiger partial charge in [-0.1, -0.05) is 23.7 Å². The largest absolute Gasteiger partial charge is 0.251 e. The Bertz CT molecular complexity index is 258. The number of aryl methyl sites for hydroxylation is 2. The highest BCUT2D eigenvalue weighted by Gasteiger charge is 1.97. The Morgan fingerprint density at radius 3 is 2.75 bits per heavy atom. The monoisotopic (exact) mass is 186 g/mol. The summed E-state index contributed by atoms with van der Waals surface area (Å²) in [4.78, 5) is 0. The van der Waals surface area contributed by atoms with Crippen molar-refractivity contribution >= 4 is 11.6 Å². The molecule has 0 nitrogen and oxygen atoms in total. The third-order valence-corrected chi connectivity index (χ3v) is 2.25. The molecule has 1 aromatic rings. The van der Waals surface area contributed by atoms with Crippen molar-refractivity contribution < 1.29 is 4.39 Å². The van der Waals surface area contributed by atoms with Gasteiger partial charge in [0.25, 0.3) is 0 Å². The number of halogens is 2. The van der Waals surface area contributed by atoms with Crippen molar-refractivity contribution in [3.8, 4) is 0 Å². The smallest absolute Gasteiger partial charge is 0.0897 e. The number of benzene rings is 1. The van der Waals surface area contributed by atoms with Gasteiger partial charge in [-0.25, -0.2) is 0 Å². The molecule has 0 N–H and O–H groups in total. The van der Waals surface area contributed by atoms with E-state index in [0.29, 0.717) is 6.42 Å². The Hall–Kier alpha value is -0.560. The summed E-state index contributed by atoms with van der Waals surface area (Å²) in [5.41, 5.74) is 2.22. The van der Waals surface area contributed by atoms with Gasteiger partial charge in [-0.3, -0.25) is 4.39 Å². The van der Waals surface area contributed by atoms with Gasteiger partial charge in [0.15, 0.2) is 0 Å². The molecule has 0 spiro atoms. The number of rotatable bonds is 3. The maximum atomic E-state index is 11.8. The highest BCUT2D eigenvalue weighted by Crippen LogP contribution is 2.16. The first kappa shape index (κ1) is 9.53. The van der Waals surface area contributed by atoms with E-state index in [1.165, 1.54) is 0 Å². The summed E-state index contributed by atoms with van der Waals surface area (Å²) in [7, 11) is 0. The van der Waals surface area contributed by atoms with Crippen molar-refractivity contribution in [2.45, 2.75) is 19.8 Å². The predicted octanol–water partition coefficient (Wildman–Crippen LogP) is 3.55. The molecule has 0 radical (unpaired) electrons. The van der Waals surface area contributed by atoms with Crippen LogP contribution in [0, 0.1) is 6.92 Å². The van der Waals surface area contributed by atoms with E-state index in [9.17, 15) is 4.39 Å². The molecule has 1 aromatic carbocycles. The molecular weight excluding hydrogens is 175 g/mol. The molecule has 0 saturated carbocycles. The molecule has 0 aromatic heterocycles. The third-order valence-electron chi connectivity index (χ3n) is 1.82. The minimum atomic E-state index is -0.248. The van der Waals surface area contributed by atoms with Gasteiger partial charge in [0.1, 0.15) is 0 Å². The second-order valence-electron chi connectivity index (χ2n) is 2.88. The average Bonchev–Trinajstić information content (AvgIpc) is 2.07. The fraction of sp³-hybridized carbons (Fsp3) is 0.400. The molecule has 0 saturated heterocycles. The van der Waals surface area contributed by atoms with Crippen molar-refractivity contribution in [3.63, 3.8) is 0 Å². The highest BCUT2D eigenvalue weighted by molar-refractivity contribution is 6.31. The molecule has 0 unspecified atom stereocenters. The lowest BCUT2D eigenvalue weighted by atomic mass is 10.1. The Kier molecular flexibility index (Phi) is 3.54. The molecule has 0 amide bonds. The predicted molar refractivity (Wildman–Crippen MR) is 50.5 cm³/mol. The van der Waals surface area contributed by atoms with Crippen LogP contribution in [0.2, 0.25) is 5.02 Å². The van der Waals surface area contributed by atoms with Crippen molar-refractivity contribution in [3.05, 3.63) is 34.3 Å². The van der Waals surface area contributed by atoms with Gasteiger partial charge in [0, 0.05) is 5.02 Å². The summed E-state index contributed by atoms with van der Waals surface area (Å²) in [6.45, 7) is 1.71. The first-order valence-electron chi connectivity index (χ1n) is 4.05. The van der Waals surface area contributed by atoms with Crippen molar-refractivity contribution in [2.75, 3.05) is 6.67 Å². The standard InChI is InChI=1S/C10H12ClF/c1-8-7-9(3-2-6-12)4-5-10(8)11/h4-5,7H,2-3,6H2,1H3. The van der Waals surface area contributed by atoms with E-state index < -0.39 is 0 Å². The zero-order valence-corrected chi connectivity index (χ0v) is 7.87. The van der Waals surface area contributed by atoms with E-state index in [4.69, 9.17) is 11.6 Å². The van der Waals surface area contributed by atoms with E-state index in [0.717, 1.165) is 22.6 Å². The Morgan fingerprint density at radius 1 is 1.42 bits per heavy atom. The molecule has 0 aliphatic rings. The van der Waals surface area contributed by atoms with Crippen LogP contribution in [-0.4, -0.2) is 6.67 Å². The quantitative estimate of drug-likeness (QED) is 0.677. The SMILES string of the molecule is Cc1cc(CCCF)ccc1Cl. The van der Waals surface area contributed by atoms with Crippen LogP contribution < -0.4 is 0 Å². The molecule has 0 fully saturated rings. The van der Waals surface area contributed by atoms with Crippen LogP contribution in [0.15, 0.2) is 18.2 Å². The number of hydrogen-bond acceptors (Lipinski definition) is 0. The van der Waals surface area contributed by atoms with E-state index >= 15 is 0 Å². The van der Waals surface area contributed by atoms with Crippen LogP contribution >= 0.6 is 11.6 Å². The second-order valence-corrected chi connectivity index (χ2v) is 3.28. The minimum absolute atomic E-state index is 0.248. The van der Waals surface area contributed by atoms with Crippen LogP contribution in [0.3, 0.4) is 0 Å². The van der Waals surface area contributed by atoms with Gasteiger partial charge in [-0.2, -0.15) is 0 Å². The minimum Gasteiger partial charge on any atom is -0.251 e. The summed E-state index contributed by atoms with van der Waals surface area (Å²) in [5.74, 6) is 0. The number of hydrogen-bond donors (Lipinski definition) is 0. The summed E-state index contributed by atoms with van der Waals surface area (Å²) < 4.78 is 11.8. The van der Waals surface area contributed by atoms with Gasteiger partial charge in [-0.15, -0.1) is 0 Å². The highest BCUT2D eigenvalue weighted by atomic mass is 35.5. The lowest BCUT2D eigenvalue weighted by molar-refractivity contribution is 0.473. The number of alkyl halides is 1. The van der Waals surface area contributed by atoms with Crippen molar-refractivity contribution in [2.24, 2.45) is 0 Å². The summed E-state index contributed by atoms with van der Waals surface area (Å²) in [6.07, 6.45) is 1.40. The zero-order valence-electron chi connectivity index (χ0n) is 7.11. The van der Waals surface area contributed by atoms with Gasteiger partial charge < -0.3 is 0 Å². The molecular formula is C10H12ClF. The molecule has 0 aliphatic heterocycles. The Labute approximate surface area is 77.4 Å². The first-order chi connectivity index (χ1) is 5.74. The fourth-order valence-corrected chi connectivity index (χ4v) is 1.25. The molecule has 0 bridgehead atoms. The van der Waals surface area contributed by atoms with Crippen LogP contribution in [-0.2, 0) is 6.42 Å². The molecule has 1 rings (SSSR count). The molecule has 12 heavy (non-hydrogen) atoms. The topological polar surface area (TPSA) is 0 Å². The van der Waals surface area contributed by atoms with Gasteiger partial charge in [0.05, 0.1) is 6.67 Å². The van der Waals surface area contributed by atoms with Crippen LogP contribution in [0.25, 0.3) is 0 Å². The van der Waals surface area contributed by atoms with E-state index in [1.54, 1.807) is 0 Å². The van der Waals surface area contributed by atoms with E-state index in [1.807, 2.05) is 25.1 Å². The second kappa shape index (κ2) is 4.46. The Balaban J connectivity index is 2.69. The molecule has 66 valence electrons. The maximum Gasteiger partial charge on any atom is 0.0897 e. The Morgan fingerprint density at radius 2 is 2.17 bits per heavy atom. The lowest BCUT2D eigenvalue weighted by Gasteiger charge is -2.01. The fourth-order valence-electron chi connectivity index (χ4n) is 1.13. The van der Waals surface area contributed by atoms with E-state index in [-0.39, 0.29) is 6.67 Å². The van der Waals surface area contributed by atoms with Gasteiger partial charge in [0.2, 0.25) is 0 Å². The molecule has 2 heteroatoms. The van der Waals surface area contributed by atoms with Gasteiger partial charge >= 0.3 is 0 Å². The summed E-state index contributed by atoms with van der Waals surface area (Å²) >= 11 is 5.84. The lowest BCUT2D eigenvalue weighted by Crippen LogP contribution is -1.87. The molecule has 0 aliphatic carbocycles. The zero-order chi connectivity index (χ0) is 8.97. The maximum absolute atomic E-state index is 11.8. The summed E-state index contributed by atoms with van der Waals surface area (Å²) in [6, 6.07) is 5.83. The van der Waals surface area contributed by atoms with Crippen LogP contribution in [0.5, 0.6) is 0 Å². The van der Waals surface area contributed by atoms with Crippen molar-refractivity contribution in [1.82, 2.24) is 0 Å². The normalized spacial score (nSPS) is 10.2. The molecule has 0 heterocycles. The van der Waals surface area contributed by atoms with Crippen LogP contribution in [0.1, 0.15) is 17.5 Å². The first-order valence-corrected chi connectivity index (χ1v) is 4.43.